The van der Waals surface area contributed by atoms with E-state index < -0.39 is 11.6 Å². The summed E-state index contributed by atoms with van der Waals surface area (Å²) in [4.78, 5) is 28.1. The fraction of sp³-hybridized carbons (Fsp3) is 0.462. The molecule has 192 valence electrons. The van der Waals surface area contributed by atoms with Crippen LogP contribution in [0.1, 0.15) is 45.7 Å². The number of carbonyl (C=O) groups is 2. The number of fused-ring (bicyclic) bond motifs is 2. The lowest BCUT2D eigenvalue weighted by Gasteiger charge is -2.42. The summed E-state index contributed by atoms with van der Waals surface area (Å²) in [6.45, 7) is 10.1. The number of ketones is 2. The van der Waals surface area contributed by atoms with Gasteiger partial charge in [0.25, 0.3) is 0 Å². The molecule has 2 saturated heterocycles. The molecule has 2 fully saturated rings. The first-order chi connectivity index (χ1) is 17.5. The Labute approximate surface area is 210 Å². The summed E-state index contributed by atoms with van der Waals surface area (Å²) >= 11 is 0. The van der Waals surface area contributed by atoms with Crippen molar-refractivity contribution in [1.29, 1.82) is 0 Å². The van der Waals surface area contributed by atoms with Gasteiger partial charge in [0.1, 0.15) is 11.5 Å². The third kappa shape index (κ3) is 4.00. The van der Waals surface area contributed by atoms with Crippen LogP contribution in [0.15, 0.2) is 24.3 Å². The van der Waals surface area contributed by atoms with Gasteiger partial charge in [-0.1, -0.05) is 0 Å². The third-order valence-electron chi connectivity index (χ3n) is 7.04. The summed E-state index contributed by atoms with van der Waals surface area (Å²) in [6.07, 6.45) is 0. The number of hydrogen-bond donors (Lipinski definition) is 2. The van der Waals surface area contributed by atoms with Crippen molar-refractivity contribution in [2.45, 2.75) is 13.8 Å². The molecule has 0 atom stereocenters. The third-order valence-corrected chi connectivity index (χ3v) is 7.04. The highest BCUT2D eigenvalue weighted by molar-refractivity contribution is 6.33. The predicted octanol–water partition coefficient (Wildman–Crippen LogP) is 2.02. The number of carbonyl (C=O) groups excluding carboxylic acids is 2. The van der Waals surface area contributed by atoms with Crippen LogP contribution in [-0.2, 0) is 9.47 Å². The summed E-state index contributed by atoms with van der Waals surface area (Å²) in [5.74, 6) is -1.60. The van der Waals surface area contributed by atoms with E-state index in [1.54, 1.807) is 0 Å². The molecule has 2 heterocycles. The minimum Gasteiger partial charge on any atom is -0.507 e. The highest BCUT2D eigenvalue weighted by atomic mass is 16.5. The number of aromatic hydroxyl groups is 2. The fourth-order valence-electron chi connectivity index (χ4n) is 5.40. The molecule has 0 bridgehead atoms. The molecule has 2 aromatic carbocycles. The second-order valence-electron chi connectivity index (χ2n) is 8.93. The first-order valence-corrected chi connectivity index (χ1v) is 12.5. The highest BCUT2D eigenvalue weighted by Gasteiger charge is 2.40. The van der Waals surface area contributed by atoms with E-state index in [0.29, 0.717) is 77.1 Å². The molecule has 2 aliphatic heterocycles. The Balaban J connectivity index is 1.73. The molecule has 2 aromatic rings. The summed E-state index contributed by atoms with van der Waals surface area (Å²) < 4.78 is 11.0. The summed E-state index contributed by atoms with van der Waals surface area (Å²) in [5, 5.41) is 29.5. The number of hydrazine groups is 2. The molecule has 0 radical (unpaired) electrons. The van der Waals surface area contributed by atoms with Crippen LogP contribution >= 0.6 is 0 Å². The Morgan fingerprint density at radius 2 is 1.03 bits per heavy atom. The van der Waals surface area contributed by atoms with Crippen LogP contribution in [0.2, 0.25) is 0 Å². The lowest BCUT2D eigenvalue weighted by atomic mass is 9.81. The van der Waals surface area contributed by atoms with Crippen LogP contribution in [-0.4, -0.2) is 97.5 Å². The van der Waals surface area contributed by atoms with Crippen molar-refractivity contribution < 1.29 is 29.3 Å². The van der Waals surface area contributed by atoms with Gasteiger partial charge in [-0.05, 0) is 38.1 Å². The second kappa shape index (κ2) is 10.1. The molecule has 0 saturated carbocycles. The van der Waals surface area contributed by atoms with E-state index >= 15 is 0 Å². The smallest absolute Gasteiger partial charge is 0.200 e. The van der Waals surface area contributed by atoms with Gasteiger partial charge in [-0.3, -0.25) is 9.59 Å². The van der Waals surface area contributed by atoms with Crippen LogP contribution in [0, 0.1) is 0 Å². The highest BCUT2D eigenvalue weighted by Crippen LogP contribution is 2.44. The molecular formula is C26H32N4O6. The maximum atomic E-state index is 14.0. The van der Waals surface area contributed by atoms with Gasteiger partial charge in [0.15, 0.2) is 0 Å². The van der Waals surface area contributed by atoms with E-state index in [4.69, 9.17) is 9.47 Å². The Bertz CT molecular complexity index is 1080. The molecule has 1 aliphatic carbocycles. The quantitative estimate of drug-likeness (QED) is 0.493. The predicted molar refractivity (Wildman–Crippen MR) is 134 cm³/mol. The second-order valence-corrected chi connectivity index (χ2v) is 8.93. The van der Waals surface area contributed by atoms with E-state index in [1.807, 2.05) is 36.0 Å². The molecular weight excluding hydrogens is 464 g/mol. The molecule has 2 N–H and O–H groups in total. The van der Waals surface area contributed by atoms with Crippen molar-refractivity contribution in [2.24, 2.45) is 0 Å². The van der Waals surface area contributed by atoms with Gasteiger partial charge in [0.05, 0.1) is 60.1 Å². The topological polar surface area (TPSA) is 106 Å². The van der Waals surface area contributed by atoms with Crippen molar-refractivity contribution in [3.05, 3.63) is 46.5 Å². The van der Waals surface area contributed by atoms with Gasteiger partial charge < -0.3 is 29.7 Å². The van der Waals surface area contributed by atoms with Crippen LogP contribution < -0.4 is 10.0 Å². The van der Waals surface area contributed by atoms with E-state index in [1.165, 1.54) is 12.1 Å². The van der Waals surface area contributed by atoms with Gasteiger partial charge in [0, 0.05) is 39.3 Å². The Morgan fingerprint density at radius 3 is 1.36 bits per heavy atom. The Hall–Kier alpha value is -3.18. The largest absolute Gasteiger partial charge is 0.507 e. The van der Waals surface area contributed by atoms with Crippen LogP contribution in [0.5, 0.6) is 11.5 Å². The average molecular weight is 497 g/mol. The fourth-order valence-corrected chi connectivity index (χ4v) is 5.40. The van der Waals surface area contributed by atoms with Gasteiger partial charge >= 0.3 is 0 Å². The van der Waals surface area contributed by atoms with Crippen molar-refractivity contribution >= 4 is 22.9 Å². The molecule has 0 unspecified atom stereocenters. The number of hydrogen-bond acceptors (Lipinski definition) is 10. The Morgan fingerprint density at radius 1 is 0.667 bits per heavy atom. The lowest BCUT2D eigenvalue weighted by Crippen LogP contribution is -2.51. The van der Waals surface area contributed by atoms with Crippen molar-refractivity contribution in [1.82, 2.24) is 10.0 Å². The number of benzene rings is 2. The van der Waals surface area contributed by atoms with Crippen LogP contribution in [0.4, 0.5) is 11.4 Å². The minimum absolute atomic E-state index is 0.154. The number of phenols is 2. The van der Waals surface area contributed by atoms with E-state index in [9.17, 15) is 19.8 Å². The zero-order chi connectivity index (χ0) is 25.4. The van der Waals surface area contributed by atoms with E-state index in [-0.39, 0.29) is 33.8 Å². The molecule has 5 rings (SSSR count). The Kier molecular flexibility index (Phi) is 6.85. The van der Waals surface area contributed by atoms with Crippen molar-refractivity contribution in [3.8, 4) is 11.5 Å². The average Bonchev–Trinajstić information content (AvgIpc) is 2.91. The maximum Gasteiger partial charge on any atom is 0.200 e. The van der Waals surface area contributed by atoms with Gasteiger partial charge in [-0.2, -0.15) is 0 Å². The molecule has 10 heteroatoms. The molecule has 36 heavy (non-hydrogen) atoms. The lowest BCUT2D eigenvalue weighted by molar-refractivity contribution is 0.0317. The number of anilines is 2. The minimum atomic E-state index is -0.477. The normalized spacial score (nSPS) is 18.6. The van der Waals surface area contributed by atoms with E-state index in [2.05, 4.69) is 10.0 Å². The zero-order valence-electron chi connectivity index (χ0n) is 20.7. The maximum absolute atomic E-state index is 14.0. The number of nitrogens with zero attached hydrogens (tertiary/aromatic N) is 4. The van der Waals surface area contributed by atoms with Crippen molar-refractivity contribution in [3.63, 3.8) is 0 Å². The van der Waals surface area contributed by atoms with E-state index in [0.717, 1.165) is 0 Å². The summed E-state index contributed by atoms with van der Waals surface area (Å²) in [5.41, 5.74) is 1.37. The van der Waals surface area contributed by atoms with Gasteiger partial charge in [-0.25, -0.2) is 10.0 Å². The molecule has 0 amide bonds. The van der Waals surface area contributed by atoms with Crippen LogP contribution in [0.25, 0.3) is 0 Å². The van der Waals surface area contributed by atoms with Crippen molar-refractivity contribution in [2.75, 3.05) is 75.7 Å². The summed E-state index contributed by atoms with van der Waals surface area (Å²) in [6, 6.07) is 6.26. The zero-order valence-corrected chi connectivity index (χ0v) is 20.7. The van der Waals surface area contributed by atoms with Gasteiger partial charge in [-0.15, -0.1) is 0 Å². The monoisotopic (exact) mass is 496 g/mol. The molecule has 0 spiro atoms. The number of rotatable bonds is 6. The number of ether oxygens (including phenoxy) is 2. The molecule has 3 aliphatic rings. The molecule has 0 aromatic heterocycles. The number of morpholine rings is 2. The first-order valence-electron chi connectivity index (χ1n) is 12.5. The standard InChI is InChI=1S/C26H32N4O6/c1-3-29(27-9-13-35-14-10-27)17-5-6-18(30(4-2)28-11-15-36-16-12-28)22-21(17)25(33)23-19(31)7-8-20(32)24(23)26(22)34/h5-8,31-32H,3-4,9-16H2,1-2H3. The summed E-state index contributed by atoms with van der Waals surface area (Å²) in [7, 11) is 0. The van der Waals surface area contributed by atoms with Crippen LogP contribution in [0.3, 0.4) is 0 Å². The first kappa shape index (κ1) is 24.5. The molecule has 10 nitrogen and oxygen atoms in total. The number of phenolic OH excluding ortho intramolecular Hbond substituents is 2. The van der Waals surface area contributed by atoms with Gasteiger partial charge in [0.2, 0.25) is 11.6 Å². The SMILES string of the molecule is CCN(c1ccc(N(CC)N2CCOCC2)c2c1C(=O)c1c(O)ccc(O)c1C2=O)N1CCOCC1.